The zero-order chi connectivity index (χ0) is 22.2. The highest BCUT2D eigenvalue weighted by Crippen LogP contribution is 2.37. The van der Waals surface area contributed by atoms with Crippen LogP contribution in [-0.4, -0.2) is 65.5 Å². The summed E-state index contributed by atoms with van der Waals surface area (Å²) in [6.07, 6.45) is 5.85. The average Bonchev–Trinajstić information content (AvgIpc) is 2.80. The van der Waals surface area contributed by atoms with Gasteiger partial charge in [0.25, 0.3) is 5.91 Å². The monoisotopic (exact) mass is 432 g/mol. The van der Waals surface area contributed by atoms with E-state index in [0.29, 0.717) is 24.6 Å². The third-order valence-corrected chi connectivity index (χ3v) is 6.41. The number of nitrogens with zero attached hydrogens (tertiary/aromatic N) is 6. The maximum absolute atomic E-state index is 14.7. The summed E-state index contributed by atoms with van der Waals surface area (Å²) in [6, 6.07) is 10.5. The lowest BCUT2D eigenvalue weighted by Gasteiger charge is -2.54. The molecule has 2 saturated heterocycles. The van der Waals surface area contributed by atoms with Gasteiger partial charge in [-0.05, 0) is 30.7 Å². The molecule has 0 unspecified atom stereocenters. The molecule has 8 heteroatoms. The van der Waals surface area contributed by atoms with Gasteiger partial charge >= 0.3 is 0 Å². The van der Waals surface area contributed by atoms with Crippen LogP contribution in [0, 0.1) is 11.7 Å². The van der Waals surface area contributed by atoms with Crippen LogP contribution in [0.4, 0.5) is 15.9 Å². The molecule has 5 rings (SSSR count). The Balaban J connectivity index is 1.39. The number of benzene rings is 1. The van der Waals surface area contributed by atoms with Crippen LogP contribution in [0.5, 0.6) is 0 Å². The Morgan fingerprint density at radius 2 is 1.88 bits per heavy atom. The minimum Gasteiger partial charge on any atom is -0.378 e. The third kappa shape index (κ3) is 3.55. The Bertz CT molecular complexity index is 1140. The van der Waals surface area contributed by atoms with Gasteiger partial charge in [0.1, 0.15) is 11.6 Å². The summed E-state index contributed by atoms with van der Waals surface area (Å²) in [6.45, 7) is 2.19. The summed E-state index contributed by atoms with van der Waals surface area (Å²) in [5.41, 5.74) is 1.55. The number of rotatable bonds is 4. The van der Waals surface area contributed by atoms with Crippen LogP contribution in [0.1, 0.15) is 16.8 Å². The maximum Gasteiger partial charge on any atom is 0.254 e. The van der Waals surface area contributed by atoms with Crippen molar-refractivity contribution < 1.29 is 9.18 Å². The number of anilines is 2. The first-order chi connectivity index (χ1) is 15.5. The molecular formula is C24H25FN6O. The molecule has 2 aliphatic heterocycles. The highest BCUT2D eigenvalue weighted by molar-refractivity contribution is 6.00. The minimum absolute atomic E-state index is 0.158. The van der Waals surface area contributed by atoms with Crippen molar-refractivity contribution in [3.8, 4) is 11.4 Å². The van der Waals surface area contributed by atoms with Crippen LogP contribution in [-0.2, 0) is 0 Å². The van der Waals surface area contributed by atoms with E-state index in [9.17, 15) is 9.18 Å². The molecule has 3 aromatic rings. The number of fused-ring (bicyclic) bond motifs is 1. The molecule has 1 aromatic carbocycles. The van der Waals surface area contributed by atoms with Gasteiger partial charge in [0.05, 0.1) is 17.2 Å². The Morgan fingerprint density at radius 1 is 1.06 bits per heavy atom. The molecule has 164 valence electrons. The second kappa shape index (κ2) is 8.18. The van der Waals surface area contributed by atoms with Crippen molar-refractivity contribution in [1.82, 2.24) is 19.9 Å². The van der Waals surface area contributed by atoms with Crippen LogP contribution in [0.3, 0.4) is 0 Å². The van der Waals surface area contributed by atoms with E-state index in [1.54, 1.807) is 30.6 Å². The normalized spacial score (nSPS) is 19.8. The highest BCUT2D eigenvalue weighted by atomic mass is 19.1. The molecule has 0 bridgehead atoms. The molecule has 0 N–H and O–H groups in total. The summed E-state index contributed by atoms with van der Waals surface area (Å²) >= 11 is 0. The Hall–Kier alpha value is -3.55. The van der Waals surface area contributed by atoms with Gasteiger partial charge in [-0.25, -0.2) is 19.3 Å². The first-order valence-corrected chi connectivity index (χ1v) is 10.8. The first kappa shape index (κ1) is 20.4. The molecular weight excluding hydrogens is 407 g/mol. The van der Waals surface area contributed by atoms with Crippen molar-refractivity contribution in [3.05, 3.63) is 66.4 Å². The third-order valence-electron chi connectivity index (χ3n) is 6.41. The minimum atomic E-state index is -0.494. The lowest BCUT2D eigenvalue weighted by molar-refractivity contribution is 0.0591. The summed E-state index contributed by atoms with van der Waals surface area (Å²) in [5, 5.41) is 0. The van der Waals surface area contributed by atoms with Crippen molar-refractivity contribution in [3.63, 3.8) is 0 Å². The highest BCUT2D eigenvalue weighted by Gasteiger charge is 2.44. The summed E-state index contributed by atoms with van der Waals surface area (Å²) < 4.78 is 14.7. The SMILES string of the molecule is CN(C)c1ccnc(N2C[C@@H]3CCN(C(=O)c4cccc(F)c4-c4ncccn4)C[C@@H]32)c1. The molecule has 32 heavy (non-hydrogen) atoms. The number of piperidine rings is 1. The molecule has 2 aromatic heterocycles. The molecule has 1 amide bonds. The van der Waals surface area contributed by atoms with E-state index >= 15 is 0 Å². The summed E-state index contributed by atoms with van der Waals surface area (Å²) in [7, 11) is 4.01. The van der Waals surface area contributed by atoms with Gasteiger partial charge in [-0.1, -0.05) is 6.07 Å². The second-order valence-corrected chi connectivity index (χ2v) is 8.52. The summed E-state index contributed by atoms with van der Waals surface area (Å²) in [5.74, 6) is 1.00. The molecule has 2 fully saturated rings. The van der Waals surface area contributed by atoms with Crippen LogP contribution < -0.4 is 9.80 Å². The quantitative estimate of drug-likeness (QED) is 0.631. The molecule has 0 saturated carbocycles. The molecule has 0 radical (unpaired) electrons. The topological polar surface area (TPSA) is 65.5 Å². The number of carbonyl (C=O) groups excluding carboxylic acids is 1. The predicted molar refractivity (Wildman–Crippen MR) is 121 cm³/mol. The molecule has 0 spiro atoms. The second-order valence-electron chi connectivity index (χ2n) is 8.52. The van der Waals surface area contributed by atoms with Gasteiger partial charge in [-0.15, -0.1) is 0 Å². The van der Waals surface area contributed by atoms with Gasteiger partial charge in [0, 0.05) is 70.0 Å². The standard InChI is InChI=1S/C24H25FN6O/c1-29(2)17-7-11-26-21(13-17)31-14-16-8-12-30(15-20(16)31)24(32)18-5-3-6-19(25)22(18)23-27-9-4-10-28-23/h3-7,9-11,13,16,20H,8,12,14-15H2,1-2H3/t16-,20-/m0/s1. The number of carbonyl (C=O) groups is 1. The zero-order valence-corrected chi connectivity index (χ0v) is 18.1. The fourth-order valence-electron chi connectivity index (χ4n) is 4.62. The number of halogens is 1. The lowest BCUT2D eigenvalue weighted by atomic mass is 9.82. The number of hydrogen-bond donors (Lipinski definition) is 0. The van der Waals surface area contributed by atoms with Crippen LogP contribution in [0.2, 0.25) is 0 Å². The first-order valence-electron chi connectivity index (χ1n) is 10.8. The Labute approximate surface area is 186 Å². The fraction of sp³-hybridized carbons (Fsp3) is 0.333. The fourth-order valence-corrected chi connectivity index (χ4v) is 4.62. The van der Waals surface area contributed by atoms with Gasteiger partial charge in [-0.2, -0.15) is 0 Å². The van der Waals surface area contributed by atoms with Crippen molar-refractivity contribution >= 4 is 17.4 Å². The lowest BCUT2D eigenvalue weighted by Crippen LogP contribution is -2.65. The maximum atomic E-state index is 14.7. The molecule has 4 heterocycles. The van der Waals surface area contributed by atoms with Crippen molar-refractivity contribution in [1.29, 1.82) is 0 Å². The smallest absolute Gasteiger partial charge is 0.254 e. The predicted octanol–water partition coefficient (Wildman–Crippen LogP) is 3.09. The number of aromatic nitrogens is 3. The number of hydrogen-bond acceptors (Lipinski definition) is 6. The molecule has 2 aliphatic rings. The van der Waals surface area contributed by atoms with Crippen molar-refractivity contribution in [2.24, 2.45) is 5.92 Å². The molecule has 2 atom stereocenters. The van der Waals surface area contributed by atoms with Crippen molar-refractivity contribution in [2.75, 3.05) is 43.5 Å². The van der Waals surface area contributed by atoms with Gasteiger partial charge in [0.15, 0.2) is 5.82 Å². The van der Waals surface area contributed by atoms with E-state index in [1.807, 2.05) is 31.3 Å². The average molecular weight is 433 g/mol. The number of amides is 1. The Kier molecular flexibility index (Phi) is 5.20. The zero-order valence-electron chi connectivity index (χ0n) is 18.1. The van der Waals surface area contributed by atoms with Crippen molar-refractivity contribution in [2.45, 2.75) is 12.5 Å². The molecule has 7 nitrogen and oxygen atoms in total. The Morgan fingerprint density at radius 3 is 2.66 bits per heavy atom. The van der Waals surface area contributed by atoms with E-state index in [4.69, 9.17) is 0 Å². The van der Waals surface area contributed by atoms with E-state index in [1.165, 1.54) is 6.07 Å². The molecule has 0 aliphatic carbocycles. The van der Waals surface area contributed by atoms with Crippen LogP contribution in [0.15, 0.2) is 55.0 Å². The van der Waals surface area contributed by atoms with E-state index in [2.05, 4.69) is 30.8 Å². The van der Waals surface area contributed by atoms with E-state index < -0.39 is 5.82 Å². The number of likely N-dealkylation sites (tertiary alicyclic amines) is 1. The van der Waals surface area contributed by atoms with Gasteiger partial charge in [0.2, 0.25) is 0 Å². The van der Waals surface area contributed by atoms with Gasteiger partial charge < -0.3 is 14.7 Å². The van der Waals surface area contributed by atoms with Gasteiger partial charge in [-0.3, -0.25) is 4.79 Å². The number of pyridine rings is 1. The van der Waals surface area contributed by atoms with Crippen LogP contribution >= 0.6 is 0 Å². The summed E-state index contributed by atoms with van der Waals surface area (Å²) in [4.78, 5) is 32.5. The van der Waals surface area contributed by atoms with E-state index in [-0.39, 0.29) is 23.3 Å². The van der Waals surface area contributed by atoms with Crippen LogP contribution in [0.25, 0.3) is 11.4 Å². The largest absolute Gasteiger partial charge is 0.378 e. The van der Waals surface area contributed by atoms with E-state index in [0.717, 1.165) is 24.5 Å².